The molecule has 6 heteroatoms. The van der Waals surface area contributed by atoms with Crippen molar-refractivity contribution in [2.75, 3.05) is 6.54 Å². The summed E-state index contributed by atoms with van der Waals surface area (Å²) < 4.78 is 6.13. The molecule has 1 aliphatic heterocycles. The summed E-state index contributed by atoms with van der Waals surface area (Å²) in [5, 5.41) is 3.95. The van der Waals surface area contributed by atoms with Crippen LogP contribution in [0.15, 0.2) is 73.1 Å². The third-order valence-electron chi connectivity index (χ3n) is 4.96. The van der Waals surface area contributed by atoms with Crippen LogP contribution in [0.25, 0.3) is 22.3 Å². The van der Waals surface area contributed by atoms with Gasteiger partial charge in [-0.15, -0.1) is 0 Å². The van der Waals surface area contributed by atoms with Crippen molar-refractivity contribution in [3.63, 3.8) is 0 Å². The van der Waals surface area contributed by atoms with Crippen LogP contribution in [0.5, 0.6) is 5.75 Å². The molecule has 0 fully saturated rings. The molecule has 4 aromatic rings. The Morgan fingerprint density at radius 2 is 1.86 bits per heavy atom. The number of rotatable bonds is 4. The number of fused-ring (bicyclic) bond motifs is 2. The molecular formula is C23H18N4O2. The van der Waals surface area contributed by atoms with Crippen molar-refractivity contribution in [1.29, 1.82) is 0 Å². The summed E-state index contributed by atoms with van der Waals surface area (Å²) in [6.07, 6.45) is 4.01. The molecule has 6 nitrogen and oxygen atoms in total. The van der Waals surface area contributed by atoms with Gasteiger partial charge in [0, 0.05) is 24.2 Å². The van der Waals surface area contributed by atoms with Gasteiger partial charge >= 0.3 is 0 Å². The van der Waals surface area contributed by atoms with Gasteiger partial charge in [-0.05, 0) is 29.8 Å². The van der Waals surface area contributed by atoms with Gasteiger partial charge in [0.25, 0.3) is 5.91 Å². The van der Waals surface area contributed by atoms with E-state index < -0.39 is 0 Å². The number of carbonyl (C=O) groups is 1. The average Bonchev–Trinajstić information content (AvgIpc) is 3.21. The highest BCUT2D eigenvalue weighted by atomic mass is 16.5. The normalized spacial score (nSPS) is 15.0. The molecule has 0 saturated heterocycles. The predicted molar refractivity (Wildman–Crippen MR) is 110 cm³/mol. The topological polar surface area (TPSA) is 77.0 Å². The Morgan fingerprint density at radius 1 is 1.00 bits per heavy atom. The van der Waals surface area contributed by atoms with Crippen LogP contribution < -0.4 is 10.1 Å². The van der Waals surface area contributed by atoms with Crippen LogP contribution in [0.2, 0.25) is 0 Å². The van der Waals surface area contributed by atoms with Gasteiger partial charge < -0.3 is 10.1 Å². The van der Waals surface area contributed by atoms with Crippen molar-refractivity contribution in [3.8, 4) is 17.1 Å². The molecular weight excluding hydrogens is 364 g/mol. The summed E-state index contributed by atoms with van der Waals surface area (Å²) in [6.45, 7) is 0.400. The zero-order valence-electron chi connectivity index (χ0n) is 15.6. The van der Waals surface area contributed by atoms with E-state index >= 15 is 0 Å². The molecule has 2 aromatic carbocycles. The Balaban J connectivity index is 1.29. The molecule has 0 aliphatic carbocycles. The van der Waals surface area contributed by atoms with Crippen molar-refractivity contribution < 1.29 is 9.53 Å². The van der Waals surface area contributed by atoms with Gasteiger partial charge in [0.2, 0.25) is 0 Å². The first-order valence-electron chi connectivity index (χ1n) is 9.48. The predicted octanol–water partition coefficient (Wildman–Crippen LogP) is 3.43. The maximum absolute atomic E-state index is 12.6. The fraction of sp³-hybridized carbons (Fsp3) is 0.130. The van der Waals surface area contributed by atoms with E-state index in [1.54, 1.807) is 24.5 Å². The molecule has 3 heterocycles. The summed E-state index contributed by atoms with van der Waals surface area (Å²) in [5.74, 6) is 1.22. The number of hydrogen-bond acceptors (Lipinski definition) is 5. The second-order valence-electron chi connectivity index (χ2n) is 6.91. The van der Waals surface area contributed by atoms with Crippen LogP contribution >= 0.6 is 0 Å². The SMILES string of the molecule is O=C(NC[C@H]1Cc2cccc(-c3ncccn3)c2O1)c1ccc2ccccc2n1. The van der Waals surface area contributed by atoms with E-state index in [1.807, 2.05) is 48.5 Å². The number of aromatic nitrogens is 3. The standard InChI is InChI=1S/C23H18N4O2/c28-23(20-10-9-15-5-1-2-8-19(15)27-20)26-14-17-13-16-6-3-7-18(21(16)29-17)22-24-11-4-12-25-22/h1-12,17H,13-14H2,(H,26,28)/t17-/m1/s1. The average molecular weight is 382 g/mol. The van der Waals surface area contributed by atoms with Crippen LogP contribution in [-0.4, -0.2) is 33.5 Å². The van der Waals surface area contributed by atoms with Crippen molar-refractivity contribution in [1.82, 2.24) is 20.3 Å². The lowest BCUT2D eigenvalue weighted by Gasteiger charge is -2.13. The summed E-state index contributed by atoms with van der Waals surface area (Å²) in [6, 6.07) is 19.1. The van der Waals surface area contributed by atoms with Crippen LogP contribution in [0, 0.1) is 0 Å². The minimum atomic E-state index is -0.207. The molecule has 142 valence electrons. The maximum Gasteiger partial charge on any atom is 0.270 e. The monoisotopic (exact) mass is 382 g/mol. The summed E-state index contributed by atoms with van der Waals surface area (Å²) in [4.78, 5) is 25.6. The highest BCUT2D eigenvalue weighted by molar-refractivity contribution is 5.94. The fourth-order valence-electron chi connectivity index (χ4n) is 3.56. The van der Waals surface area contributed by atoms with E-state index in [9.17, 15) is 4.79 Å². The molecule has 1 atom stereocenters. The smallest absolute Gasteiger partial charge is 0.270 e. The van der Waals surface area contributed by atoms with Gasteiger partial charge in [0.05, 0.1) is 17.6 Å². The van der Waals surface area contributed by atoms with Crippen LogP contribution in [0.4, 0.5) is 0 Å². The van der Waals surface area contributed by atoms with E-state index in [0.717, 1.165) is 34.2 Å². The van der Waals surface area contributed by atoms with Crippen LogP contribution in [-0.2, 0) is 6.42 Å². The van der Waals surface area contributed by atoms with Gasteiger partial charge in [-0.1, -0.05) is 36.4 Å². The Kier molecular flexibility index (Phi) is 4.37. The summed E-state index contributed by atoms with van der Waals surface area (Å²) >= 11 is 0. The molecule has 29 heavy (non-hydrogen) atoms. The zero-order valence-corrected chi connectivity index (χ0v) is 15.6. The van der Waals surface area contributed by atoms with Gasteiger partial charge in [-0.2, -0.15) is 0 Å². The first kappa shape index (κ1) is 17.3. The fourth-order valence-corrected chi connectivity index (χ4v) is 3.56. The maximum atomic E-state index is 12.6. The second-order valence-corrected chi connectivity index (χ2v) is 6.91. The van der Waals surface area contributed by atoms with E-state index in [1.165, 1.54) is 0 Å². The first-order valence-corrected chi connectivity index (χ1v) is 9.48. The van der Waals surface area contributed by atoms with Crippen LogP contribution in [0.3, 0.4) is 0 Å². The van der Waals surface area contributed by atoms with Crippen molar-refractivity contribution >= 4 is 16.8 Å². The number of pyridine rings is 1. The molecule has 1 amide bonds. The summed E-state index contributed by atoms with van der Waals surface area (Å²) in [7, 11) is 0. The number of nitrogens with zero attached hydrogens (tertiary/aromatic N) is 3. The number of ether oxygens (including phenoxy) is 1. The Labute approximate surface area is 167 Å². The van der Waals surface area contributed by atoms with Gasteiger partial charge in [0.15, 0.2) is 5.82 Å². The lowest BCUT2D eigenvalue weighted by atomic mass is 10.1. The Morgan fingerprint density at radius 3 is 2.76 bits per heavy atom. The van der Waals surface area contributed by atoms with Gasteiger partial charge in [-0.3, -0.25) is 4.79 Å². The number of nitrogens with one attached hydrogen (secondary N) is 1. The molecule has 0 spiro atoms. The van der Waals surface area contributed by atoms with E-state index in [4.69, 9.17) is 4.74 Å². The number of benzene rings is 2. The number of hydrogen-bond donors (Lipinski definition) is 1. The summed E-state index contributed by atoms with van der Waals surface area (Å²) in [5.41, 5.74) is 3.17. The third-order valence-corrected chi connectivity index (χ3v) is 4.96. The lowest BCUT2D eigenvalue weighted by molar-refractivity contribution is 0.0929. The zero-order chi connectivity index (χ0) is 19.6. The lowest BCUT2D eigenvalue weighted by Crippen LogP contribution is -2.34. The van der Waals surface area contributed by atoms with E-state index in [2.05, 4.69) is 20.3 Å². The molecule has 0 radical (unpaired) electrons. The van der Waals surface area contributed by atoms with Crippen molar-refractivity contribution in [3.05, 3.63) is 84.3 Å². The van der Waals surface area contributed by atoms with E-state index in [0.29, 0.717) is 18.1 Å². The highest BCUT2D eigenvalue weighted by Gasteiger charge is 2.27. The third kappa shape index (κ3) is 3.40. The minimum absolute atomic E-state index is 0.140. The number of amides is 1. The van der Waals surface area contributed by atoms with E-state index in [-0.39, 0.29) is 12.0 Å². The molecule has 1 N–H and O–H groups in total. The van der Waals surface area contributed by atoms with Crippen molar-refractivity contribution in [2.45, 2.75) is 12.5 Å². The van der Waals surface area contributed by atoms with Gasteiger partial charge in [-0.25, -0.2) is 15.0 Å². The molecule has 0 unspecified atom stereocenters. The molecule has 1 aliphatic rings. The number of para-hydroxylation sites is 2. The quantitative estimate of drug-likeness (QED) is 0.585. The molecule has 5 rings (SSSR count). The Hall–Kier alpha value is -3.80. The second kappa shape index (κ2) is 7.31. The van der Waals surface area contributed by atoms with Crippen molar-refractivity contribution in [2.24, 2.45) is 0 Å². The molecule has 2 aromatic heterocycles. The highest BCUT2D eigenvalue weighted by Crippen LogP contribution is 2.37. The molecule has 0 saturated carbocycles. The van der Waals surface area contributed by atoms with Crippen LogP contribution in [0.1, 0.15) is 16.1 Å². The Bertz CT molecular complexity index is 1190. The number of carbonyl (C=O) groups excluding carboxylic acids is 1. The largest absolute Gasteiger partial charge is 0.487 e. The first-order chi connectivity index (χ1) is 14.3. The minimum Gasteiger partial charge on any atom is -0.487 e. The van der Waals surface area contributed by atoms with Gasteiger partial charge in [0.1, 0.15) is 17.5 Å². The molecule has 0 bridgehead atoms.